The zero-order valence-corrected chi connectivity index (χ0v) is 17.7. The molecule has 0 aliphatic carbocycles. The van der Waals surface area contributed by atoms with Crippen LogP contribution >= 0.6 is 7.26 Å². The Morgan fingerprint density at radius 1 is 0.552 bits per heavy atom. The number of benzene rings is 4. The van der Waals surface area contributed by atoms with Gasteiger partial charge in [0.2, 0.25) is 0 Å². The van der Waals surface area contributed by atoms with Gasteiger partial charge in [-0.2, -0.15) is 0 Å². The van der Waals surface area contributed by atoms with Crippen molar-refractivity contribution >= 4 is 28.7 Å². The van der Waals surface area contributed by atoms with Gasteiger partial charge in [-0.3, -0.25) is 0 Å². The molecule has 142 valence electrons. The Morgan fingerprint density at radius 3 is 1.28 bits per heavy atom. The lowest BCUT2D eigenvalue weighted by atomic mass is 10.1. The first kappa shape index (κ1) is 19.4. The molecule has 4 rings (SSSR count). The first-order valence-electron chi connectivity index (χ1n) is 10.1. The summed E-state index contributed by atoms with van der Waals surface area (Å²) in [4.78, 5) is 0. The van der Waals surface area contributed by atoms with E-state index in [2.05, 4.69) is 134 Å². The molecule has 0 spiro atoms. The van der Waals surface area contributed by atoms with Gasteiger partial charge in [-0.05, 0) is 60.5 Å². The van der Waals surface area contributed by atoms with Crippen molar-refractivity contribution in [1.82, 2.24) is 0 Å². The van der Waals surface area contributed by atoms with Crippen LogP contribution in [-0.4, -0.2) is 6.16 Å². The Hall–Kier alpha value is -2.95. The minimum Gasteiger partial charge on any atom is -0.0622 e. The molecule has 0 heterocycles. The molecular formula is C28H26P+. The normalized spacial score (nSPS) is 12.0. The van der Waals surface area contributed by atoms with Crippen LogP contribution in [0, 0.1) is 0 Å². The molecule has 0 atom stereocenters. The highest BCUT2D eigenvalue weighted by Crippen LogP contribution is 2.55. The topological polar surface area (TPSA) is 0 Å². The van der Waals surface area contributed by atoms with Gasteiger partial charge >= 0.3 is 0 Å². The van der Waals surface area contributed by atoms with Gasteiger partial charge in [0, 0.05) is 0 Å². The molecule has 1 heteroatoms. The van der Waals surface area contributed by atoms with E-state index < -0.39 is 7.26 Å². The van der Waals surface area contributed by atoms with E-state index in [1.807, 2.05) is 0 Å². The molecular weight excluding hydrogens is 367 g/mol. The van der Waals surface area contributed by atoms with Crippen LogP contribution in [0.15, 0.2) is 127 Å². The van der Waals surface area contributed by atoms with Crippen LogP contribution in [0.25, 0.3) is 5.57 Å². The first-order valence-corrected chi connectivity index (χ1v) is 12.1. The number of rotatable bonds is 6. The largest absolute Gasteiger partial charge is 0.115 e. The highest BCUT2D eigenvalue weighted by atomic mass is 31.2. The van der Waals surface area contributed by atoms with E-state index in [1.54, 1.807) is 0 Å². The zero-order chi connectivity index (χ0) is 19.9. The maximum Gasteiger partial charge on any atom is 0.115 e. The highest BCUT2D eigenvalue weighted by Gasteiger charge is 2.44. The van der Waals surface area contributed by atoms with E-state index in [0.29, 0.717) is 0 Å². The van der Waals surface area contributed by atoms with Crippen LogP contribution < -0.4 is 15.9 Å². The summed E-state index contributed by atoms with van der Waals surface area (Å²) in [7, 11) is -1.80. The lowest BCUT2D eigenvalue weighted by molar-refractivity contribution is 1.54. The molecule has 0 aromatic heterocycles. The van der Waals surface area contributed by atoms with E-state index in [1.165, 1.54) is 27.1 Å². The standard InChI is InChI=1S/C28H26P/c1-24(25-14-6-2-7-15-25)22-23-29(26-16-8-3-9-17-26,27-18-10-4-11-19-27)28-20-12-5-13-21-28/h2-22H,23H2,1H3/q+1/b24-22+. The van der Waals surface area contributed by atoms with Crippen molar-refractivity contribution in [2.24, 2.45) is 0 Å². The third-order valence-electron chi connectivity index (χ3n) is 5.49. The van der Waals surface area contributed by atoms with Gasteiger partial charge in [0.15, 0.2) is 0 Å². The Kier molecular flexibility index (Phi) is 6.03. The lowest BCUT2D eigenvalue weighted by Crippen LogP contribution is -2.32. The average Bonchev–Trinajstić information content (AvgIpc) is 2.82. The summed E-state index contributed by atoms with van der Waals surface area (Å²) < 4.78 is 0. The third kappa shape index (κ3) is 4.09. The number of allylic oxidation sites excluding steroid dienone is 2. The summed E-state index contributed by atoms with van der Waals surface area (Å²) in [5.74, 6) is 0. The molecule has 4 aromatic carbocycles. The molecule has 0 saturated heterocycles. The quantitative estimate of drug-likeness (QED) is 0.348. The van der Waals surface area contributed by atoms with Crippen LogP contribution in [0.5, 0.6) is 0 Å². The third-order valence-corrected chi connectivity index (χ3v) is 9.76. The summed E-state index contributed by atoms with van der Waals surface area (Å²) in [5, 5.41) is 4.28. The number of hydrogen-bond acceptors (Lipinski definition) is 0. The molecule has 0 aliphatic heterocycles. The summed E-state index contributed by atoms with van der Waals surface area (Å²) in [5.41, 5.74) is 2.62. The zero-order valence-electron chi connectivity index (χ0n) is 16.8. The van der Waals surface area contributed by atoms with Gasteiger partial charge in [0.25, 0.3) is 0 Å². The van der Waals surface area contributed by atoms with E-state index in [4.69, 9.17) is 0 Å². The SMILES string of the molecule is C/C(=C\C[P+](c1ccccc1)(c1ccccc1)c1ccccc1)c1ccccc1. The van der Waals surface area contributed by atoms with E-state index in [9.17, 15) is 0 Å². The van der Waals surface area contributed by atoms with Crippen molar-refractivity contribution in [3.63, 3.8) is 0 Å². The summed E-state index contributed by atoms with van der Waals surface area (Å²) in [6, 6.07) is 43.9. The van der Waals surface area contributed by atoms with Crippen molar-refractivity contribution in [3.05, 3.63) is 133 Å². The highest BCUT2D eigenvalue weighted by molar-refractivity contribution is 7.95. The fraction of sp³-hybridized carbons (Fsp3) is 0.0714. The van der Waals surface area contributed by atoms with Gasteiger partial charge in [0.1, 0.15) is 23.2 Å². The Morgan fingerprint density at radius 2 is 0.897 bits per heavy atom. The van der Waals surface area contributed by atoms with E-state index in [-0.39, 0.29) is 0 Å². The molecule has 0 radical (unpaired) electrons. The predicted octanol–water partition coefficient (Wildman–Crippen LogP) is 6.08. The molecule has 0 amide bonds. The summed E-state index contributed by atoms with van der Waals surface area (Å²) in [6.45, 7) is 2.23. The van der Waals surface area contributed by atoms with Crippen molar-refractivity contribution in [1.29, 1.82) is 0 Å². The molecule has 0 fully saturated rings. The van der Waals surface area contributed by atoms with Crippen molar-refractivity contribution < 1.29 is 0 Å². The fourth-order valence-electron chi connectivity index (χ4n) is 3.90. The summed E-state index contributed by atoms with van der Waals surface area (Å²) >= 11 is 0. The van der Waals surface area contributed by atoms with Crippen LogP contribution in [0.2, 0.25) is 0 Å². The smallest absolute Gasteiger partial charge is 0.0622 e. The second kappa shape index (κ2) is 9.03. The van der Waals surface area contributed by atoms with Crippen LogP contribution in [0.1, 0.15) is 12.5 Å². The van der Waals surface area contributed by atoms with E-state index in [0.717, 1.165) is 6.16 Å². The Balaban J connectivity index is 1.91. The molecule has 0 aliphatic rings. The number of hydrogen-bond donors (Lipinski definition) is 0. The monoisotopic (exact) mass is 393 g/mol. The van der Waals surface area contributed by atoms with Gasteiger partial charge in [-0.15, -0.1) is 0 Å². The molecule has 0 saturated carbocycles. The van der Waals surface area contributed by atoms with Crippen LogP contribution in [-0.2, 0) is 0 Å². The average molecular weight is 393 g/mol. The molecule has 0 bridgehead atoms. The van der Waals surface area contributed by atoms with Crippen LogP contribution in [0.3, 0.4) is 0 Å². The minimum absolute atomic E-state index is 1.01. The van der Waals surface area contributed by atoms with Gasteiger partial charge in [-0.25, -0.2) is 0 Å². The van der Waals surface area contributed by atoms with Gasteiger partial charge < -0.3 is 0 Å². The minimum atomic E-state index is -1.80. The first-order chi connectivity index (χ1) is 14.3. The Labute approximate surface area is 174 Å². The summed E-state index contributed by atoms with van der Waals surface area (Å²) in [6.07, 6.45) is 3.45. The molecule has 0 nitrogen and oxygen atoms in total. The lowest BCUT2D eigenvalue weighted by Gasteiger charge is -2.27. The van der Waals surface area contributed by atoms with Crippen LogP contribution in [0.4, 0.5) is 0 Å². The Bertz CT molecular complexity index is 956. The van der Waals surface area contributed by atoms with Crippen molar-refractivity contribution in [3.8, 4) is 0 Å². The molecule has 29 heavy (non-hydrogen) atoms. The maximum atomic E-state index is 2.44. The van der Waals surface area contributed by atoms with Crippen molar-refractivity contribution in [2.75, 3.05) is 6.16 Å². The van der Waals surface area contributed by atoms with Gasteiger partial charge in [0.05, 0.1) is 6.16 Å². The fourth-order valence-corrected chi connectivity index (χ4v) is 8.02. The molecule has 0 N–H and O–H groups in total. The maximum absolute atomic E-state index is 2.44. The predicted molar refractivity (Wildman–Crippen MR) is 130 cm³/mol. The second-order valence-corrected chi connectivity index (χ2v) is 10.8. The molecule has 4 aromatic rings. The van der Waals surface area contributed by atoms with Crippen molar-refractivity contribution in [2.45, 2.75) is 6.92 Å². The molecule has 0 unspecified atom stereocenters. The van der Waals surface area contributed by atoms with E-state index >= 15 is 0 Å². The van der Waals surface area contributed by atoms with Gasteiger partial charge in [-0.1, -0.05) is 84.9 Å². The second-order valence-electron chi connectivity index (χ2n) is 7.25.